The van der Waals surface area contributed by atoms with Crippen LogP contribution < -0.4 is 10.6 Å². The molecule has 0 saturated carbocycles. The van der Waals surface area contributed by atoms with E-state index in [0.717, 1.165) is 12.1 Å². The zero-order chi connectivity index (χ0) is 23.6. The molecule has 2 N–H and O–H groups in total. The van der Waals surface area contributed by atoms with Gasteiger partial charge in [-0.3, -0.25) is 19.7 Å². The number of nitrogens with one attached hydrogen (secondary N) is 2. The fourth-order valence-electron chi connectivity index (χ4n) is 3.35. The Morgan fingerprint density at radius 3 is 2.56 bits per heavy atom. The molecule has 3 rings (SSSR count). The van der Waals surface area contributed by atoms with E-state index >= 15 is 0 Å². The summed E-state index contributed by atoms with van der Waals surface area (Å²) in [4.78, 5) is 36.0. The molecule has 1 fully saturated rings. The van der Waals surface area contributed by atoms with Crippen molar-refractivity contribution in [2.75, 3.05) is 0 Å². The van der Waals surface area contributed by atoms with Gasteiger partial charge < -0.3 is 5.32 Å². The Labute approximate surface area is 186 Å². The van der Waals surface area contributed by atoms with Crippen LogP contribution in [0.5, 0.6) is 0 Å². The van der Waals surface area contributed by atoms with Gasteiger partial charge in [0, 0.05) is 23.6 Å². The minimum atomic E-state index is -2.77. The van der Waals surface area contributed by atoms with Crippen molar-refractivity contribution >= 4 is 29.3 Å². The Hall–Kier alpha value is -3.01. The summed E-state index contributed by atoms with van der Waals surface area (Å²) in [5.74, 6) is -3.11. The van der Waals surface area contributed by atoms with E-state index in [-0.39, 0.29) is 35.7 Å². The van der Waals surface area contributed by atoms with E-state index in [0.29, 0.717) is 5.56 Å². The average Bonchev–Trinajstić information content (AvgIpc) is 2.73. The molecule has 2 aromatic rings. The van der Waals surface area contributed by atoms with Gasteiger partial charge in [0.05, 0.1) is 17.0 Å². The molecular weight excluding hydrogens is 449 g/mol. The van der Waals surface area contributed by atoms with E-state index in [4.69, 9.17) is 11.6 Å². The summed E-state index contributed by atoms with van der Waals surface area (Å²) in [6.45, 7) is 3.03. The van der Waals surface area contributed by atoms with E-state index < -0.39 is 47.0 Å². The highest BCUT2D eigenvalue weighted by atomic mass is 35.5. The lowest BCUT2D eigenvalue weighted by molar-refractivity contribution is -0.134. The summed E-state index contributed by atoms with van der Waals surface area (Å²) in [6, 6.07) is 5.01. The van der Waals surface area contributed by atoms with Crippen molar-refractivity contribution in [2.45, 2.75) is 51.0 Å². The lowest BCUT2D eigenvalue weighted by Crippen LogP contribution is -2.40. The first-order valence-electron chi connectivity index (χ1n) is 9.72. The Bertz CT molecular complexity index is 1040. The monoisotopic (exact) mass is 468 g/mol. The van der Waals surface area contributed by atoms with Crippen LogP contribution in [-0.2, 0) is 26.3 Å². The number of hydrogen-bond donors (Lipinski definition) is 2. The summed E-state index contributed by atoms with van der Waals surface area (Å²) < 4.78 is 40.1. The second-order valence-corrected chi connectivity index (χ2v) is 8.34. The Morgan fingerprint density at radius 1 is 1.28 bits per heavy atom. The second-order valence-electron chi connectivity index (χ2n) is 7.93. The van der Waals surface area contributed by atoms with Crippen molar-refractivity contribution in [1.29, 1.82) is 0 Å². The highest BCUT2D eigenvalue weighted by Crippen LogP contribution is 2.33. The Morgan fingerprint density at radius 2 is 2.00 bits per heavy atom. The third kappa shape index (κ3) is 4.90. The standard InChI is InChI=1S/C21H20ClF3N4O3/c1-21(2,15-5-4-14(18(24)25)28-29-15)20(32)26-9-10-7-12(22)17(13(23)8-10)11-3-6-16(30)27-19(11)31/h4-5,7-8,11,18H,3,6,9H2,1-2H3,(H,26,32)(H,27,30,31). The zero-order valence-electron chi connectivity index (χ0n) is 17.2. The molecule has 1 saturated heterocycles. The fourth-order valence-corrected chi connectivity index (χ4v) is 3.71. The van der Waals surface area contributed by atoms with Crippen molar-refractivity contribution in [1.82, 2.24) is 20.8 Å². The van der Waals surface area contributed by atoms with Crippen molar-refractivity contribution in [3.63, 3.8) is 0 Å². The van der Waals surface area contributed by atoms with Crippen molar-refractivity contribution in [3.05, 3.63) is 57.6 Å². The molecule has 1 aliphatic rings. The van der Waals surface area contributed by atoms with Crippen molar-refractivity contribution in [2.24, 2.45) is 0 Å². The van der Waals surface area contributed by atoms with Gasteiger partial charge in [-0.05, 0) is 50.1 Å². The van der Waals surface area contributed by atoms with E-state index in [1.807, 2.05) is 0 Å². The van der Waals surface area contributed by atoms with Gasteiger partial charge in [0.2, 0.25) is 17.7 Å². The van der Waals surface area contributed by atoms with Gasteiger partial charge in [0.15, 0.2) is 0 Å². The third-order valence-electron chi connectivity index (χ3n) is 5.30. The number of alkyl halides is 2. The number of benzene rings is 1. The summed E-state index contributed by atoms with van der Waals surface area (Å²) in [6.07, 6.45) is -2.53. The number of nitrogens with zero attached hydrogens (tertiary/aromatic N) is 2. The van der Waals surface area contributed by atoms with Crippen LogP contribution in [-0.4, -0.2) is 27.9 Å². The molecule has 1 atom stereocenters. The normalized spacial score (nSPS) is 16.8. The summed E-state index contributed by atoms with van der Waals surface area (Å²) >= 11 is 6.21. The number of piperidine rings is 1. The van der Waals surface area contributed by atoms with Gasteiger partial charge >= 0.3 is 0 Å². The van der Waals surface area contributed by atoms with Crippen LogP contribution in [0.15, 0.2) is 24.3 Å². The maximum atomic E-state index is 14.8. The van der Waals surface area contributed by atoms with Crippen LogP contribution in [0.25, 0.3) is 0 Å². The van der Waals surface area contributed by atoms with Crippen LogP contribution in [0.1, 0.15) is 61.5 Å². The van der Waals surface area contributed by atoms with E-state index in [1.54, 1.807) is 13.8 Å². The number of aromatic nitrogens is 2. The summed E-state index contributed by atoms with van der Waals surface area (Å²) in [5, 5.41) is 12.0. The molecule has 2 heterocycles. The molecule has 11 heteroatoms. The highest BCUT2D eigenvalue weighted by Gasteiger charge is 2.33. The highest BCUT2D eigenvalue weighted by molar-refractivity contribution is 6.31. The van der Waals surface area contributed by atoms with Crippen LogP contribution in [0, 0.1) is 5.82 Å². The van der Waals surface area contributed by atoms with Crippen LogP contribution >= 0.6 is 11.6 Å². The molecule has 7 nitrogen and oxygen atoms in total. The van der Waals surface area contributed by atoms with E-state index in [2.05, 4.69) is 20.8 Å². The second kappa shape index (κ2) is 9.23. The lowest BCUT2D eigenvalue weighted by Gasteiger charge is -2.24. The van der Waals surface area contributed by atoms with Crippen LogP contribution in [0.2, 0.25) is 5.02 Å². The SMILES string of the molecule is CC(C)(C(=O)NCc1cc(F)c(C2CCC(=O)NC2=O)c(Cl)c1)c1ccc(C(F)F)nn1. The first-order chi connectivity index (χ1) is 15.0. The van der Waals surface area contributed by atoms with Gasteiger partial charge in [-0.1, -0.05) is 11.6 Å². The third-order valence-corrected chi connectivity index (χ3v) is 5.61. The molecule has 0 bridgehead atoms. The molecule has 0 radical (unpaired) electrons. The predicted molar refractivity (Wildman–Crippen MR) is 108 cm³/mol. The minimum absolute atomic E-state index is 0.00136. The number of rotatable bonds is 6. The Balaban J connectivity index is 1.71. The van der Waals surface area contributed by atoms with E-state index in [1.165, 1.54) is 12.1 Å². The Kier molecular flexibility index (Phi) is 6.82. The van der Waals surface area contributed by atoms with Crippen LogP contribution in [0.4, 0.5) is 13.2 Å². The first kappa shape index (κ1) is 23.6. The molecule has 1 aromatic heterocycles. The summed E-state index contributed by atoms with van der Waals surface area (Å²) in [5.41, 5.74) is -1.14. The molecular formula is C21H20ClF3N4O3. The maximum Gasteiger partial charge on any atom is 0.282 e. The van der Waals surface area contributed by atoms with Crippen molar-refractivity contribution < 1.29 is 27.6 Å². The molecule has 1 unspecified atom stereocenters. The molecule has 3 amide bonds. The van der Waals surface area contributed by atoms with Crippen molar-refractivity contribution in [3.8, 4) is 0 Å². The van der Waals surface area contributed by atoms with Gasteiger partial charge in [-0.2, -0.15) is 5.10 Å². The molecule has 32 heavy (non-hydrogen) atoms. The molecule has 0 spiro atoms. The number of imide groups is 1. The molecule has 1 aromatic carbocycles. The number of carbonyl (C=O) groups excluding carboxylic acids is 3. The van der Waals surface area contributed by atoms with Crippen LogP contribution in [0.3, 0.4) is 0 Å². The number of carbonyl (C=O) groups is 3. The molecule has 170 valence electrons. The van der Waals surface area contributed by atoms with Gasteiger partial charge in [-0.25, -0.2) is 13.2 Å². The largest absolute Gasteiger partial charge is 0.351 e. The lowest BCUT2D eigenvalue weighted by atomic mass is 9.87. The average molecular weight is 469 g/mol. The van der Waals surface area contributed by atoms with Gasteiger partial charge in [0.25, 0.3) is 6.43 Å². The molecule has 0 aliphatic carbocycles. The quantitative estimate of drug-likeness (QED) is 0.633. The topological polar surface area (TPSA) is 101 Å². The van der Waals surface area contributed by atoms with Gasteiger partial charge in [-0.15, -0.1) is 5.10 Å². The minimum Gasteiger partial charge on any atom is -0.351 e. The summed E-state index contributed by atoms with van der Waals surface area (Å²) in [7, 11) is 0. The number of hydrogen-bond acceptors (Lipinski definition) is 5. The first-order valence-corrected chi connectivity index (χ1v) is 10.1. The van der Waals surface area contributed by atoms with E-state index in [9.17, 15) is 27.6 Å². The molecule has 1 aliphatic heterocycles. The number of amides is 3. The number of halogens is 4. The zero-order valence-corrected chi connectivity index (χ0v) is 18.0. The smallest absolute Gasteiger partial charge is 0.282 e. The van der Waals surface area contributed by atoms with Gasteiger partial charge in [0.1, 0.15) is 11.5 Å². The maximum absolute atomic E-state index is 14.8. The predicted octanol–water partition coefficient (Wildman–Crippen LogP) is 3.32. The fraction of sp³-hybridized carbons (Fsp3) is 0.381.